The molecule has 3 rings (SSSR count). The van der Waals surface area contributed by atoms with Crippen LogP contribution in [-0.2, 0) is 6.54 Å². The molecule has 0 spiro atoms. The van der Waals surface area contributed by atoms with Gasteiger partial charge in [0.1, 0.15) is 11.3 Å². The number of pyridine rings is 1. The fourth-order valence-electron chi connectivity index (χ4n) is 2.03. The van der Waals surface area contributed by atoms with Crippen molar-refractivity contribution < 1.29 is 0 Å². The second kappa shape index (κ2) is 4.42. The minimum Gasteiger partial charge on any atom is -0.308 e. The zero-order valence-electron chi connectivity index (χ0n) is 9.97. The van der Waals surface area contributed by atoms with Crippen molar-refractivity contribution in [2.75, 3.05) is 0 Å². The van der Waals surface area contributed by atoms with Crippen molar-refractivity contribution in [2.24, 2.45) is 0 Å². The number of halogens is 1. The molecule has 0 N–H and O–H groups in total. The number of aromatic nitrogens is 3. The van der Waals surface area contributed by atoms with Crippen LogP contribution in [0.25, 0.3) is 11.2 Å². The average Bonchev–Trinajstić information content (AvgIpc) is 2.69. The molecule has 90 valence electrons. The maximum Gasteiger partial charge on any atom is 0.160 e. The molecule has 2 aromatic heterocycles. The predicted octanol–water partition coefficient (Wildman–Crippen LogP) is 3.44. The van der Waals surface area contributed by atoms with Crippen molar-refractivity contribution >= 4 is 22.8 Å². The summed E-state index contributed by atoms with van der Waals surface area (Å²) in [5.41, 5.74) is 3.04. The number of fused-ring (bicyclic) bond motifs is 1. The summed E-state index contributed by atoms with van der Waals surface area (Å²) in [5.74, 6) is 0.971. The van der Waals surface area contributed by atoms with Crippen molar-refractivity contribution in [3.05, 3.63) is 59.0 Å². The van der Waals surface area contributed by atoms with E-state index in [0.29, 0.717) is 0 Å². The molecule has 3 aromatic rings. The molecule has 0 atom stereocenters. The zero-order valence-corrected chi connectivity index (χ0v) is 10.7. The van der Waals surface area contributed by atoms with Crippen LogP contribution in [0, 0.1) is 6.92 Å². The van der Waals surface area contributed by atoms with Gasteiger partial charge in [0.25, 0.3) is 0 Å². The molecule has 0 bridgehead atoms. The topological polar surface area (TPSA) is 30.7 Å². The van der Waals surface area contributed by atoms with E-state index < -0.39 is 0 Å². The van der Waals surface area contributed by atoms with Crippen LogP contribution in [0.1, 0.15) is 11.4 Å². The normalized spacial score (nSPS) is 11.0. The number of aryl methyl sites for hydroxylation is 1. The molecular weight excluding hydrogens is 246 g/mol. The quantitative estimate of drug-likeness (QED) is 0.704. The minimum atomic E-state index is 0.754. The third-order valence-corrected chi connectivity index (χ3v) is 3.20. The Morgan fingerprint density at radius 1 is 1.17 bits per heavy atom. The summed E-state index contributed by atoms with van der Waals surface area (Å²) in [6, 6.07) is 11.7. The van der Waals surface area contributed by atoms with Gasteiger partial charge in [0, 0.05) is 11.2 Å². The highest BCUT2D eigenvalue weighted by Crippen LogP contribution is 2.16. The smallest absolute Gasteiger partial charge is 0.160 e. The van der Waals surface area contributed by atoms with Gasteiger partial charge < -0.3 is 4.57 Å². The summed E-state index contributed by atoms with van der Waals surface area (Å²) in [5, 5.41) is 0.754. The molecule has 4 heteroatoms. The Labute approximate surface area is 110 Å². The van der Waals surface area contributed by atoms with Gasteiger partial charge in [0.15, 0.2) is 5.65 Å². The molecule has 0 fully saturated rings. The van der Waals surface area contributed by atoms with E-state index in [1.54, 1.807) is 6.20 Å². The van der Waals surface area contributed by atoms with Gasteiger partial charge in [-0.1, -0.05) is 23.7 Å². The van der Waals surface area contributed by atoms with Gasteiger partial charge in [-0.3, -0.25) is 0 Å². The summed E-state index contributed by atoms with van der Waals surface area (Å²) >= 11 is 5.89. The highest BCUT2D eigenvalue weighted by molar-refractivity contribution is 6.30. The van der Waals surface area contributed by atoms with E-state index in [2.05, 4.69) is 14.5 Å². The van der Waals surface area contributed by atoms with E-state index in [4.69, 9.17) is 11.6 Å². The third-order valence-electron chi connectivity index (χ3n) is 2.95. The molecule has 0 aliphatic rings. The average molecular weight is 258 g/mol. The fourth-order valence-corrected chi connectivity index (χ4v) is 2.16. The van der Waals surface area contributed by atoms with E-state index in [0.717, 1.165) is 28.6 Å². The number of rotatable bonds is 2. The van der Waals surface area contributed by atoms with Crippen molar-refractivity contribution in [1.29, 1.82) is 0 Å². The maximum atomic E-state index is 5.89. The highest BCUT2D eigenvalue weighted by atomic mass is 35.5. The van der Waals surface area contributed by atoms with E-state index in [1.165, 1.54) is 5.56 Å². The van der Waals surface area contributed by atoms with Crippen LogP contribution < -0.4 is 0 Å². The fraction of sp³-hybridized carbons (Fsp3) is 0.143. The monoisotopic (exact) mass is 257 g/mol. The largest absolute Gasteiger partial charge is 0.308 e. The summed E-state index contributed by atoms with van der Waals surface area (Å²) in [4.78, 5) is 8.89. The third kappa shape index (κ3) is 1.97. The van der Waals surface area contributed by atoms with Crippen LogP contribution >= 0.6 is 11.6 Å². The SMILES string of the molecule is Cc1nc2cccnc2n1Cc1ccc(Cl)cc1. The van der Waals surface area contributed by atoms with Gasteiger partial charge in [-0.05, 0) is 36.8 Å². The second-order valence-electron chi connectivity index (χ2n) is 4.22. The molecular formula is C14H12ClN3. The Kier molecular flexibility index (Phi) is 2.76. The van der Waals surface area contributed by atoms with Crippen LogP contribution in [0.2, 0.25) is 5.02 Å². The van der Waals surface area contributed by atoms with Gasteiger partial charge in [-0.2, -0.15) is 0 Å². The molecule has 0 unspecified atom stereocenters. The number of nitrogens with zero attached hydrogens (tertiary/aromatic N) is 3. The van der Waals surface area contributed by atoms with Crippen molar-refractivity contribution in [2.45, 2.75) is 13.5 Å². The first-order valence-corrected chi connectivity index (χ1v) is 6.14. The van der Waals surface area contributed by atoms with Crippen LogP contribution in [0.4, 0.5) is 0 Å². The first-order chi connectivity index (χ1) is 8.74. The lowest BCUT2D eigenvalue weighted by Crippen LogP contribution is -2.02. The highest BCUT2D eigenvalue weighted by Gasteiger charge is 2.08. The van der Waals surface area contributed by atoms with E-state index in [-0.39, 0.29) is 0 Å². The minimum absolute atomic E-state index is 0.754. The van der Waals surface area contributed by atoms with Crippen LogP contribution in [0.15, 0.2) is 42.6 Å². The van der Waals surface area contributed by atoms with Gasteiger partial charge in [-0.15, -0.1) is 0 Å². The molecule has 2 heterocycles. The number of benzene rings is 1. The van der Waals surface area contributed by atoms with Crippen molar-refractivity contribution in [3.8, 4) is 0 Å². The van der Waals surface area contributed by atoms with Gasteiger partial charge in [0.05, 0.1) is 6.54 Å². The summed E-state index contributed by atoms with van der Waals surface area (Å²) in [6.07, 6.45) is 1.79. The van der Waals surface area contributed by atoms with Crippen molar-refractivity contribution in [1.82, 2.24) is 14.5 Å². The van der Waals surface area contributed by atoms with Gasteiger partial charge in [-0.25, -0.2) is 9.97 Å². The van der Waals surface area contributed by atoms with Gasteiger partial charge in [0.2, 0.25) is 0 Å². The van der Waals surface area contributed by atoms with Crippen LogP contribution in [0.3, 0.4) is 0 Å². The Balaban J connectivity index is 2.04. The second-order valence-corrected chi connectivity index (χ2v) is 4.65. The Morgan fingerprint density at radius 2 is 1.94 bits per heavy atom. The van der Waals surface area contributed by atoms with Gasteiger partial charge >= 0.3 is 0 Å². The predicted molar refractivity (Wildman–Crippen MR) is 72.8 cm³/mol. The number of hydrogen-bond donors (Lipinski definition) is 0. The lowest BCUT2D eigenvalue weighted by atomic mass is 10.2. The molecule has 0 radical (unpaired) electrons. The van der Waals surface area contributed by atoms with E-state index in [9.17, 15) is 0 Å². The molecule has 3 nitrogen and oxygen atoms in total. The Bertz CT molecular complexity index is 686. The van der Waals surface area contributed by atoms with E-state index in [1.807, 2.05) is 43.3 Å². The zero-order chi connectivity index (χ0) is 12.5. The Hall–Kier alpha value is -1.87. The Morgan fingerprint density at radius 3 is 2.72 bits per heavy atom. The standard InChI is InChI=1S/C14H12ClN3/c1-10-17-13-3-2-8-16-14(13)18(10)9-11-4-6-12(15)7-5-11/h2-8H,9H2,1H3. The molecule has 1 aromatic carbocycles. The molecule has 18 heavy (non-hydrogen) atoms. The summed E-state index contributed by atoms with van der Waals surface area (Å²) in [7, 11) is 0. The lowest BCUT2D eigenvalue weighted by molar-refractivity contribution is 0.777. The number of hydrogen-bond acceptors (Lipinski definition) is 2. The first kappa shape index (κ1) is 11.2. The van der Waals surface area contributed by atoms with E-state index >= 15 is 0 Å². The van der Waals surface area contributed by atoms with Crippen molar-refractivity contribution in [3.63, 3.8) is 0 Å². The summed E-state index contributed by atoms with van der Waals surface area (Å²) < 4.78 is 2.11. The molecule has 0 aliphatic heterocycles. The first-order valence-electron chi connectivity index (χ1n) is 5.76. The molecule has 0 saturated heterocycles. The summed E-state index contributed by atoms with van der Waals surface area (Å²) in [6.45, 7) is 2.76. The maximum absolute atomic E-state index is 5.89. The molecule has 0 aliphatic carbocycles. The van der Waals surface area contributed by atoms with Crippen LogP contribution in [-0.4, -0.2) is 14.5 Å². The number of imidazole rings is 1. The lowest BCUT2D eigenvalue weighted by Gasteiger charge is -2.06. The van der Waals surface area contributed by atoms with Crippen LogP contribution in [0.5, 0.6) is 0 Å². The molecule has 0 saturated carbocycles. The molecule has 0 amide bonds.